The van der Waals surface area contributed by atoms with Crippen molar-refractivity contribution in [2.75, 3.05) is 18.9 Å². The van der Waals surface area contributed by atoms with Crippen molar-refractivity contribution in [1.82, 2.24) is 10.2 Å². The lowest BCUT2D eigenvalue weighted by molar-refractivity contribution is -0.128. The maximum absolute atomic E-state index is 12.4. The Morgan fingerprint density at radius 2 is 2.00 bits per heavy atom. The summed E-state index contributed by atoms with van der Waals surface area (Å²) < 4.78 is 5.26. The van der Waals surface area contributed by atoms with Gasteiger partial charge in [-0.2, -0.15) is 0 Å². The van der Waals surface area contributed by atoms with Crippen LogP contribution in [0.25, 0.3) is 0 Å². The molecule has 2 heterocycles. The summed E-state index contributed by atoms with van der Waals surface area (Å²) in [6.07, 6.45) is 2.05. The van der Waals surface area contributed by atoms with E-state index in [1.54, 1.807) is 54.6 Å². The molecule has 0 aliphatic carbocycles. The zero-order chi connectivity index (χ0) is 18.5. The zero-order valence-electron chi connectivity index (χ0n) is 14.5. The molecule has 0 bridgehead atoms. The van der Waals surface area contributed by atoms with E-state index in [1.165, 1.54) is 0 Å². The van der Waals surface area contributed by atoms with Crippen molar-refractivity contribution in [1.29, 1.82) is 0 Å². The molecule has 2 aromatic rings. The first kappa shape index (κ1) is 17.7. The summed E-state index contributed by atoms with van der Waals surface area (Å²) >= 11 is 0. The Bertz CT molecular complexity index is 784. The third-order valence-corrected chi connectivity index (χ3v) is 4.38. The molecular weight excluding hydrogens is 334 g/mol. The van der Waals surface area contributed by atoms with Crippen LogP contribution < -0.4 is 10.6 Å². The number of amides is 3. The fraction of sp³-hybridized carbons (Fsp3) is 0.316. The maximum Gasteiger partial charge on any atom is 0.229 e. The quantitative estimate of drug-likeness (QED) is 0.822. The van der Waals surface area contributed by atoms with Crippen LogP contribution >= 0.6 is 0 Å². The summed E-state index contributed by atoms with van der Waals surface area (Å²) in [5.41, 5.74) is 1.51. The third kappa shape index (κ3) is 4.30. The van der Waals surface area contributed by atoms with Crippen LogP contribution in [0.5, 0.6) is 0 Å². The molecule has 1 aromatic heterocycles. The predicted molar refractivity (Wildman–Crippen MR) is 95.1 cm³/mol. The van der Waals surface area contributed by atoms with Crippen LogP contribution in [0, 0.1) is 5.92 Å². The molecule has 0 saturated carbocycles. The van der Waals surface area contributed by atoms with Gasteiger partial charge in [0.05, 0.1) is 25.1 Å². The second-order valence-corrected chi connectivity index (χ2v) is 6.29. The fourth-order valence-electron chi connectivity index (χ4n) is 2.92. The highest BCUT2D eigenvalue weighted by atomic mass is 16.3. The van der Waals surface area contributed by atoms with Gasteiger partial charge in [0.15, 0.2) is 0 Å². The number of anilines is 1. The van der Waals surface area contributed by atoms with Crippen LogP contribution in [0.3, 0.4) is 0 Å². The van der Waals surface area contributed by atoms with Crippen molar-refractivity contribution in [3.63, 3.8) is 0 Å². The molecule has 1 atom stereocenters. The van der Waals surface area contributed by atoms with Gasteiger partial charge >= 0.3 is 0 Å². The number of benzene rings is 1. The van der Waals surface area contributed by atoms with Gasteiger partial charge in [-0.3, -0.25) is 14.4 Å². The highest BCUT2D eigenvalue weighted by molar-refractivity contribution is 5.97. The molecule has 1 fully saturated rings. The van der Waals surface area contributed by atoms with Crippen LogP contribution in [-0.4, -0.2) is 36.2 Å². The number of carbonyl (C=O) groups is 3. The highest BCUT2D eigenvalue weighted by Gasteiger charge is 2.34. The number of hydrogen-bond donors (Lipinski definition) is 2. The van der Waals surface area contributed by atoms with E-state index in [9.17, 15) is 14.4 Å². The summed E-state index contributed by atoms with van der Waals surface area (Å²) in [7, 11) is 1.59. The van der Waals surface area contributed by atoms with Crippen molar-refractivity contribution in [2.45, 2.75) is 19.4 Å². The lowest BCUT2D eigenvalue weighted by Crippen LogP contribution is -2.27. The second kappa shape index (κ2) is 7.86. The smallest absolute Gasteiger partial charge is 0.229 e. The van der Waals surface area contributed by atoms with Crippen LogP contribution in [0.2, 0.25) is 0 Å². The fourth-order valence-corrected chi connectivity index (χ4v) is 2.92. The number of rotatable bonds is 6. The lowest BCUT2D eigenvalue weighted by Gasteiger charge is -2.15. The minimum absolute atomic E-state index is 0.0533. The van der Waals surface area contributed by atoms with E-state index < -0.39 is 0 Å². The van der Waals surface area contributed by atoms with Gasteiger partial charge in [-0.1, -0.05) is 12.1 Å². The number of likely N-dealkylation sites (N-methyl/N-ethyl adjacent to an activating group) is 1. The molecule has 3 amide bonds. The highest BCUT2D eigenvalue weighted by Crippen LogP contribution is 2.22. The maximum atomic E-state index is 12.4. The molecule has 26 heavy (non-hydrogen) atoms. The van der Waals surface area contributed by atoms with E-state index in [4.69, 9.17) is 4.42 Å². The average molecular weight is 355 g/mol. The topological polar surface area (TPSA) is 91.7 Å². The molecule has 1 unspecified atom stereocenters. The molecule has 1 saturated heterocycles. The first-order valence-corrected chi connectivity index (χ1v) is 8.45. The van der Waals surface area contributed by atoms with Gasteiger partial charge in [-0.15, -0.1) is 0 Å². The van der Waals surface area contributed by atoms with Crippen LogP contribution in [0.15, 0.2) is 47.1 Å². The molecule has 7 nitrogen and oxygen atoms in total. The van der Waals surface area contributed by atoms with Crippen molar-refractivity contribution in [2.24, 2.45) is 5.92 Å². The van der Waals surface area contributed by atoms with Crippen molar-refractivity contribution in [3.05, 3.63) is 54.0 Å². The molecule has 1 aliphatic heterocycles. The lowest BCUT2D eigenvalue weighted by atomic mass is 10.1. The Hall–Kier alpha value is -3.09. The largest absolute Gasteiger partial charge is 0.467 e. The SMILES string of the molecule is CNC(=O)Cc1ccc(NC(=O)C2CC(=O)N(Cc3ccco3)C2)cc1. The zero-order valence-corrected chi connectivity index (χ0v) is 14.5. The van der Waals surface area contributed by atoms with E-state index in [0.29, 0.717) is 31.0 Å². The molecule has 0 radical (unpaired) electrons. The molecule has 1 aliphatic rings. The Kier molecular flexibility index (Phi) is 5.36. The standard InChI is InChI=1S/C19H21N3O4/c1-20-17(23)9-13-4-6-15(7-5-13)21-19(25)14-10-18(24)22(11-14)12-16-3-2-8-26-16/h2-8,14H,9-12H2,1H3,(H,20,23)(H,21,25). The number of carbonyl (C=O) groups excluding carboxylic acids is 3. The van der Waals surface area contributed by atoms with Crippen molar-refractivity contribution in [3.8, 4) is 0 Å². The summed E-state index contributed by atoms with van der Waals surface area (Å²) in [4.78, 5) is 37.6. The first-order chi connectivity index (χ1) is 12.5. The number of likely N-dealkylation sites (tertiary alicyclic amines) is 1. The molecule has 2 N–H and O–H groups in total. The van der Waals surface area contributed by atoms with E-state index in [0.717, 1.165) is 5.56 Å². The Morgan fingerprint density at radius 3 is 2.65 bits per heavy atom. The first-order valence-electron chi connectivity index (χ1n) is 8.45. The van der Waals surface area contributed by atoms with Crippen molar-refractivity contribution < 1.29 is 18.8 Å². The Morgan fingerprint density at radius 1 is 1.23 bits per heavy atom. The predicted octanol–water partition coefficient (Wildman–Crippen LogP) is 1.56. The van der Waals surface area contributed by atoms with Crippen LogP contribution in [0.1, 0.15) is 17.7 Å². The number of nitrogens with one attached hydrogen (secondary N) is 2. The molecule has 136 valence electrons. The van der Waals surface area contributed by atoms with Crippen LogP contribution in [0.4, 0.5) is 5.69 Å². The van der Waals surface area contributed by atoms with E-state index in [1.807, 2.05) is 0 Å². The van der Waals surface area contributed by atoms with Gasteiger partial charge in [0, 0.05) is 25.7 Å². The van der Waals surface area contributed by atoms with Gasteiger partial charge in [-0.05, 0) is 29.8 Å². The molecule has 7 heteroatoms. The minimum atomic E-state index is -0.386. The number of furan rings is 1. The van der Waals surface area contributed by atoms with E-state index in [2.05, 4.69) is 10.6 Å². The van der Waals surface area contributed by atoms with Gasteiger partial charge in [0.25, 0.3) is 0 Å². The van der Waals surface area contributed by atoms with E-state index in [-0.39, 0.29) is 30.1 Å². The number of hydrogen-bond acceptors (Lipinski definition) is 4. The van der Waals surface area contributed by atoms with Gasteiger partial charge in [0.1, 0.15) is 5.76 Å². The normalized spacial score (nSPS) is 16.6. The van der Waals surface area contributed by atoms with Gasteiger partial charge in [-0.25, -0.2) is 0 Å². The summed E-state index contributed by atoms with van der Waals surface area (Å²) in [5.74, 6) is 0.0128. The molecule has 3 rings (SSSR count). The van der Waals surface area contributed by atoms with E-state index >= 15 is 0 Å². The summed E-state index contributed by atoms with van der Waals surface area (Å²) in [6, 6.07) is 10.7. The Labute approximate surface area is 151 Å². The molecule has 0 spiro atoms. The van der Waals surface area contributed by atoms with Crippen LogP contribution in [-0.2, 0) is 27.3 Å². The second-order valence-electron chi connectivity index (χ2n) is 6.29. The summed E-state index contributed by atoms with van der Waals surface area (Å²) in [6.45, 7) is 0.754. The number of nitrogens with zero attached hydrogens (tertiary/aromatic N) is 1. The minimum Gasteiger partial charge on any atom is -0.467 e. The van der Waals surface area contributed by atoms with Crippen molar-refractivity contribution >= 4 is 23.4 Å². The third-order valence-electron chi connectivity index (χ3n) is 4.38. The monoisotopic (exact) mass is 355 g/mol. The summed E-state index contributed by atoms with van der Waals surface area (Å²) in [5, 5.41) is 5.41. The molecule has 1 aromatic carbocycles. The average Bonchev–Trinajstić information content (AvgIpc) is 3.27. The Balaban J connectivity index is 1.55. The molecular formula is C19H21N3O4. The van der Waals surface area contributed by atoms with Gasteiger partial charge < -0.3 is 20.0 Å². The van der Waals surface area contributed by atoms with Gasteiger partial charge in [0.2, 0.25) is 17.7 Å².